The smallest absolute Gasteiger partial charge is 0.0661 e. The zero-order valence-electron chi connectivity index (χ0n) is 11.1. The first kappa shape index (κ1) is 13.9. The predicted molar refractivity (Wildman–Crippen MR) is 79.8 cm³/mol. The molecule has 1 fully saturated rings. The maximum Gasteiger partial charge on any atom is 0.0661 e. The summed E-state index contributed by atoms with van der Waals surface area (Å²) in [5.41, 5.74) is 0.920. The van der Waals surface area contributed by atoms with Gasteiger partial charge in [-0.2, -0.15) is 0 Å². The molecule has 1 saturated carbocycles. The number of aliphatic hydroxyl groups is 1. The number of aliphatic hydroxyl groups excluding tert-OH is 1. The average molecular weight is 312 g/mol. The van der Waals surface area contributed by atoms with E-state index in [-0.39, 0.29) is 12.1 Å². The van der Waals surface area contributed by atoms with Gasteiger partial charge in [-0.1, -0.05) is 26.0 Å². The van der Waals surface area contributed by atoms with Gasteiger partial charge in [0.15, 0.2) is 0 Å². The van der Waals surface area contributed by atoms with Crippen molar-refractivity contribution in [2.75, 3.05) is 11.9 Å². The van der Waals surface area contributed by atoms with Crippen molar-refractivity contribution in [1.82, 2.24) is 0 Å². The fourth-order valence-corrected chi connectivity index (χ4v) is 3.24. The Kier molecular flexibility index (Phi) is 4.33. The Hall–Kier alpha value is -0.540. The van der Waals surface area contributed by atoms with Gasteiger partial charge in [-0.3, -0.25) is 0 Å². The predicted octanol–water partition coefficient (Wildman–Crippen LogP) is 4.05. The molecule has 2 nitrogen and oxygen atoms in total. The van der Waals surface area contributed by atoms with Crippen LogP contribution < -0.4 is 5.32 Å². The number of anilines is 1. The summed E-state index contributed by atoms with van der Waals surface area (Å²) in [4.78, 5) is 0. The third kappa shape index (κ3) is 2.89. The zero-order chi connectivity index (χ0) is 13.2. The maximum atomic E-state index is 9.82. The number of para-hydroxylation sites is 1. The lowest BCUT2D eigenvalue weighted by atomic mass is 9.71. The van der Waals surface area contributed by atoms with E-state index in [2.05, 4.69) is 41.2 Å². The molecule has 1 aromatic rings. The van der Waals surface area contributed by atoms with Gasteiger partial charge in [0.1, 0.15) is 0 Å². The normalized spacial score (nSPS) is 32.2. The summed E-state index contributed by atoms with van der Waals surface area (Å²) in [5.74, 6) is 1.41. The van der Waals surface area contributed by atoms with Gasteiger partial charge < -0.3 is 10.4 Å². The number of nitrogens with one attached hydrogen (secondary N) is 1. The third-order valence-electron chi connectivity index (χ3n) is 4.34. The minimum Gasteiger partial charge on any atom is -0.394 e. The Labute approximate surface area is 118 Å². The van der Waals surface area contributed by atoms with Gasteiger partial charge in [-0.15, -0.1) is 0 Å². The van der Waals surface area contributed by atoms with E-state index in [9.17, 15) is 5.11 Å². The highest BCUT2D eigenvalue weighted by atomic mass is 79.9. The summed E-state index contributed by atoms with van der Waals surface area (Å²) in [6.45, 7) is 4.80. The Bertz CT molecular complexity index is 409. The minimum absolute atomic E-state index is 0.157. The second-order valence-corrected chi connectivity index (χ2v) is 6.59. The average Bonchev–Trinajstić information content (AvgIpc) is 2.37. The maximum absolute atomic E-state index is 9.82. The van der Waals surface area contributed by atoms with Gasteiger partial charge in [0.05, 0.1) is 12.1 Å². The molecule has 0 spiro atoms. The van der Waals surface area contributed by atoms with Crippen LogP contribution in [0.1, 0.15) is 33.1 Å². The summed E-state index contributed by atoms with van der Waals surface area (Å²) in [5, 5.41) is 13.4. The fourth-order valence-electron chi connectivity index (χ4n) is 2.85. The minimum atomic E-state index is -0.157. The van der Waals surface area contributed by atoms with Crippen LogP contribution in [0.3, 0.4) is 0 Å². The number of rotatable bonds is 3. The van der Waals surface area contributed by atoms with Crippen LogP contribution in [-0.2, 0) is 0 Å². The molecule has 0 aromatic heterocycles. The van der Waals surface area contributed by atoms with Crippen molar-refractivity contribution in [2.45, 2.75) is 38.6 Å². The van der Waals surface area contributed by atoms with E-state index in [1.807, 2.05) is 18.2 Å². The van der Waals surface area contributed by atoms with E-state index in [0.717, 1.165) is 28.9 Å². The van der Waals surface area contributed by atoms with Gasteiger partial charge >= 0.3 is 0 Å². The molecular formula is C15H22BrNO. The number of hydrogen-bond donors (Lipinski definition) is 2. The number of hydrogen-bond acceptors (Lipinski definition) is 2. The van der Waals surface area contributed by atoms with Crippen LogP contribution in [0.2, 0.25) is 0 Å². The SMILES string of the molecule is CC1CCC(CO)(Nc2ccccc2Br)CC1C. The first-order chi connectivity index (χ1) is 8.56. The van der Waals surface area contributed by atoms with Gasteiger partial charge in [0.25, 0.3) is 0 Å². The number of benzene rings is 1. The molecule has 100 valence electrons. The highest BCUT2D eigenvalue weighted by molar-refractivity contribution is 9.10. The molecule has 0 amide bonds. The highest BCUT2D eigenvalue weighted by Gasteiger charge is 2.37. The van der Waals surface area contributed by atoms with Crippen LogP contribution in [0, 0.1) is 11.8 Å². The summed E-state index contributed by atoms with van der Waals surface area (Å²) in [6.07, 6.45) is 3.25. The van der Waals surface area contributed by atoms with Crippen molar-refractivity contribution in [1.29, 1.82) is 0 Å². The summed E-state index contributed by atoms with van der Waals surface area (Å²) < 4.78 is 1.06. The molecule has 0 heterocycles. The largest absolute Gasteiger partial charge is 0.394 e. The van der Waals surface area contributed by atoms with Crippen molar-refractivity contribution in [3.63, 3.8) is 0 Å². The fraction of sp³-hybridized carbons (Fsp3) is 0.600. The quantitative estimate of drug-likeness (QED) is 0.882. The van der Waals surface area contributed by atoms with E-state index >= 15 is 0 Å². The van der Waals surface area contributed by atoms with E-state index in [1.165, 1.54) is 6.42 Å². The van der Waals surface area contributed by atoms with Crippen LogP contribution in [0.25, 0.3) is 0 Å². The summed E-state index contributed by atoms with van der Waals surface area (Å²) in [6, 6.07) is 8.12. The van der Waals surface area contributed by atoms with Gasteiger partial charge in [0.2, 0.25) is 0 Å². The molecule has 1 aliphatic carbocycles. The molecule has 1 aromatic carbocycles. The van der Waals surface area contributed by atoms with E-state index in [0.29, 0.717) is 5.92 Å². The molecule has 0 radical (unpaired) electrons. The Morgan fingerprint density at radius 1 is 1.33 bits per heavy atom. The van der Waals surface area contributed by atoms with E-state index in [1.54, 1.807) is 0 Å². The lowest BCUT2D eigenvalue weighted by Crippen LogP contribution is -2.47. The highest BCUT2D eigenvalue weighted by Crippen LogP contribution is 2.39. The molecule has 1 aliphatic rings. The van der Waals surface area contributed by atoms with Crippen molar-refractivity contribution >= 4 is 21.6 Å². The van der Waals surface area contributed by atoms with Crippen LogP contribution in [-0.4, -0.2) is 17.3 Å². The molecular weight excluding hydrogens is 290 g/mol. The van der Waals surface area contributed by atoms with Crippen molar-refractivity contribution < 1.29 is 5.11 Å². The topological polar surface area (TPSA) is 32.3 Å². The van der Waals surface area contributed by atoms with E-state index in [4.69, 9.17) is 0 Å². The summed E-state index contributed by atoms with van der Waals surface area (Å²) >= 11 is 3.56. The van der Waals surface area contributed by atoms with Gasteiger partial charge in [0, 0.05) is 10.2 Å². The molecule has 3 atom stereocenters. The molecule has 0 saturated heterocycles. The standard InChI is InChI=1S/C15H22BrNO/c1-11-7-8-15(10-18,9-12(11)2)17-14-6-4-3-5-13(14)16/h3-6,11-12,17-18H,7-10H2,1-2H3. The van der Waals surface area contributed by atoms with Gasteiger partial charge in [-0.25, -0.2) is 0 Å². The molecule has 2 rings (SSSR count). The van der Waals surface area contributed by atoms with Crippen LogP contribution in [0.15, 0.2) is 28.7 Å². The molecule has 2 N–H and O–H groups in total. The molecule has 3 heteroatoms. The second-order valence-electron chi connectivity index (χ2n) is 5.74. The van der Waals surface area contributed by atoms with Gasteiger partial charge in [-0.05, 0) is 59.2 Å². The second kappa shape index (κ2) is 5.62. The summed E-state index contributed by atoms with van der Waals surface area (Å²) in [7, 11) is 0. The first-order valence-electron chi connectivity index (χ1n) is 6.70. The van der Waals surface area contributed by atoms with Crippen molar-refractivity contribution in [2.24, 2.45) is 11.8 Å². The molecule has 3 unspecified atom stereocenters. The van der Waals surface area contributed by atoms with Crippen LogP contribution in [0.5, 0.6) is 0 Å². The Morgan fingerprint density at radius 2 is 2.06 bits per heavy atom. The molecule has 18 heavy (non-hydrogen) atoms. The lowest BCUT2D eigenvalue weighted by molar-refractivity contribution is 0.121. The molecule has 0 aliphatic heterocycles. The van der Waals surface area contributed by atoms with Crippen molar-refractivity contribution in [3.8, 4) is 0 Å². The van der Waals surface area contributed by atoms with Crippen molar-refractivity contribution in [3.05, 3.63) is 28.7 Å². The third-order valence-corrected chi connectivity index (χ3v) is 5.03. The first-order valence-corrected chi connectivity index (χ1v) is 7.49. The number of halogens is 1. The zero-order valence-corrected chi connectivity index (χ0v) is 12.7. The van der Waals surface area contributed by atoms with Crippen LogP contribution >= 0.6 is 15.9 Å². The molecule has 0 bridgehead atoms. The lowest BCUT2D eigenvalue weighted by Gasteiger charge is -2.43. The van der Waals surface area contributed by atoms with Crippen LogP contribution in [0.4, 0.5) is 5.69 Å². The monoisotopic (exact) mass is 311 g/mol. The Morgan fingerprint density at radius 3 is 2.67 bits per heavy atom. The Balaban J connectivity index is 2.16. The van der Waals surface area contributed by atoms with E-state index < -0.39 is 0 Å².